The van der Waals surface area contributed by atoms with Crippen LogP contribution in [0.25, 0.3) is 11.4 Å². The molecule has 2 aromatic carbocycles. The number of primary amides is 1. The SMILES string of the molecule is Cc1cc(CNC(=O)c2cc(C(=O)NC3CN(C(N)=O)c4cc(-c5nn[nH]n5)ccc43)ncn2)ccc1F. The van der Waals surface area contributed by atoms with Crippen molar-refractivity contribution in [3.05, 3.63) is 82.7 Å². The van der Waals surface area contributed by atoms with E-state index in [1.54, 1.807) is 37.3 Å². The summed E-state index contributed by atoms with van der Waals surface area (Å²) < 4.78 is 13.5. The van der Waals surface area contributed by atoms with Crippen molar-refractivity contribution in [3.8, 4) is 11.4 Å². The first-order valence-electron chi connectivity index (χ1n) is 11.4. The molecule has 5 rings (SSSR count). The van der Waals surface area contributed by atoms with Gasteiger partial charge in [-0.2, -0.15) is 5.21 Å². The molecule has 0 aliphatic carbocycles. The van der Waals surface area contributed by atoms with Gasteiger partial charge in [-0.15, -0.1) is 10.2 Å². The molecular weight excluding hydrogens is 495 g/mol. The molecule has 13 nitrogen and oxygen atoms in total. The third kappa shape index (κ3) is 4.86. The second kappa shape index (κ2) is 10.0. The van der Waals surface area contributed by atoms with E-state index < -0.39 is 23.9 Å². The van der Waals surface area contributed by atoms with Crippen LogP contribution in [-0.4, -0.2) is 55.0 Å². The summed E-state index contributed by atoms with van der Waals surface area (Å²) in [4.78, 5) is 47.0. The molecule has 0 spiro atoms. The van der Waals surface area contributed by atoms with Crippen LogP contribution in [0.4, 0.5) is 14.9 Å². The second-order valence-corrected chi connectivity index (χ2v) is 8.54. The van der Waals surface area contributed by atoms with Crippen molar-refractivity contribution >= 4 is 23.5 Å². The molecule has 0 saturated heterocycles. The molecule has 3 heterocycles. The van der Waals surface area contributed by atoms with Gasteiger partial charge in [-0.25, -0.2) is 19.2 Å². The summed E-state index contributed by atoms with van der Waals surface area (Å²) >= 11 is 0. The second-order valence-electron chi connectivity index (χ2n) is 8.54. The van der Waals surface area contributed by atoms with Crippen molar-refractivity contribution in [2.75, 3.05) is 11.4 Å². The summed E-state index contributed by atoms with van der Waals surface area (Å²) in [7, 11) is 0. The maximum Gasteiger partial charge on any atom is 0.319 e. The van der Waals surface area contributed by atoms with Crippen LogP contribution in [0.1, 0.15) is 43.7 Å². The van der Waals surface area contributed by atoms with Gasteiger partial charge in [0.2, 0.25) is 5.82 Å². The highest BCUT2D eigenvalue weighted by molar-refractivity contribution is 5.98. The number of rotatable bonds is 6. The molecule has 192 valence electrons. The fourth-order valence-corrected chi connectivity index (χ4v) is 4.13. The first-order chi connectivity index (χ1) is 18.3. The van der Waals surface area contributed by atoms with Crippen LogP contribution in [0.3, 0.4) is 0 Å². The number of carbonyl (C=O) groups is 3. The monoisotopic (exact) mass is 516 g/mol. The van der Waals surface area contributed by atoms with E-state index >= 15 is 0 Å². The lowest BCUT2D eigenvalue weighted by Crippen LogP contribution is -2.38. The number of nitrogens with zero attached hydrogens (tertiary/aromatic N) is 6. The molecular formula is C24H21FN10O3. The summed E-state index contributed by atoms with van der Waals surface area (Å²) in [6.07, 6.45) is 1.11. The number of urea groups is 1. The van der Waals surface area contributed by atoms with Crippen LogP contribution >= 0.6 is 0 Å². The fraction of sp³-hybridized carbons (Fsp3) is 0.167. The van der Waals surface area contributed by atoms with E-state index in [9.17, 15) is 18.8 Å². The molecule has 1 aliphatic heterocycles. The highest BCUT2D eigenvalue weighted by atomic mass is 19.1. The predicted octanol–water partition coefficient (Wildman–Crippen LogP) is 1.40. The van der Waals surface area contributed by atoms with Crippen LogP contribution in [0.15, 0.2) is 48.8 Å². The van der Waals surface area contributed by atoms with Gasteiger partial charge in [0, 0.05) is 23.7 Å². The summed E-state index contributed by atoms with van der Waals surface area (Å²) in [6.45, 7) is 1.88. The zero-order chi connectivity index (χ0) is 26.8. The van der Waals surface area contributed by atoms with Crippen LogP contribution < -0.4 is 21.3 Å². The highest BCUT2D eigenvalue weighted by Gasteiger charge is 2.33. The number of aryl methyl sites for hydroxylation is 1. The van der Waals surface area contributed by atoms with Gasteiger partial charge in [0.15, 0.2) is 0 Å². The number of nitrogens with one attached hydrogen (secondary N) is 3. The number of nitrogens with two attached hydrogens (primary N) is 1. The molecule has 4 amide bonds. The van der Waals surface area contributed by atoms with E-state index in [-0.39, 0.29) is 30.3 Å². The molecule has 2 aromatic heterocycles. The van der Waals surface area contributed by atoms with Gasteiger partial charge in [0.1, 0.15) is 23.5 Å². The lowest BCUT2D eigenvalue weighted by atomic mass is 10.1. The number of anilines is 1. The van der Waals surface area contributed by atoms with Gasteiger partial charge in [-0.05, 0) is 35.4 Å². The summed E-state index contributed by atoms with van der Waals surface area (Å²) in [5, 5.41) is 19.3. The zero-order valence-electron chi connectivity index (χ0n) is 20.0. The molecule has 0 fully saturated rings. The molecule has 4 aromatic rings. The van der Waals surface area contributed by atoms with Gasteiger partial charge < -0.3 is 16.4 Å². The molecule has 0 radical (unpaired) electrons. The Morgan fingerprint density at radius 1 is 1.11 bits per heavy atom. The Bertz CT molecular complexity index is 1540. The van der Waals surface area contributed by atoms with Crippen molar-refractivity contribution in [1.82, 2.24) is 41.2 Å². The Labute approximate surface area is 214 Å². The van der Waals surface area contributed by atoms with Gasteiger partial charge in [-0.1, -0.05) is 24.3 Å². The molecule has 1 aliphatic rings. The molecule has 38 heavy (non-hydrogen) atoms. The number of aromatic nitrogens is 6. The van der Waals surface area contributed by atoms with Crippen molar-refractivity contribution in [2.45, 2.75) is 19.5 Å². The van der Waals surface area contributed by atoms with Crippen molar-refractivity contribution in [2.24, 2.45) is 5.73 Å². The third-order valence-electron chi connectivity index (χ3n) is 6.04. The van der Waals surface area contributed by atoms with E-state index in [0.717, 1.165) is 6.33 Å². The number of halogens is 1. The lowest BCUT2D eigenvalue weighted by molar-refractivity contribution is 0.0933. The Morgan fingerprint density at radius 3 is 2.61 bits per heavy atom. The number of amides is 4. The molecule has 14 heteroatoms. The molecule has 0 saturated carbocycles. The lowest BCUT2D eigenvalue weighted by Gasteiger charge is -2.15. The average Bonchev–Trinajstić information content (AvgIpc) is 3.58. The topological polar surface area (TPSA) is 185 Å². The smallest absolute Gasteiger partial charge is 0.319 e. The minimum Gasteiger partial charge on any atom is -0.351 e. The fourth-order valence-electron chi connectivity index (χ4n) is 4.13. The number of tetrazole rings is 1. The van der Waals surface area contributed by atoms with Crippen LogP contribution in [0.2, 0.25) is 0 Å². The Morgan fingerprint density at radius 2 is 1.89 bits per heavy atom. The van der Waals surface area contributed by atoms with E-state index in [0.29, 0.717) is 33.8 Å². The minimum atomic E-state index is -0.689. The number of carbonyl (C=O) groups excluding carboxylic acids is 3. The van der Waals surface area contributed by atoms with E-state index in [1.165, 1.54) is 17.0 Å². The predicted molar refractivity (Wildman–Crippen MR) is 131 cm³/mol. The Kier molecular flexibility index (Phi) is 6.43. The number of fused-ring (bicyclic) bond motifs is 1. The maximum atomic E-state index is 13.5. The normalized spacial score (nSPS) is 14.2. The van der Waals surface area contributed by atoms with E-state index in [2.05, 4.69) is 41.2 Å². The molecule has 5 N–H and O–H groups in total. The Balaban J connectivity index is 1.30. The molecule has 0 bridgehead atoms. The van der Waals surface area contributed by atoms with Crippen LogP contribution in [0.5, 0.6) is 0 Å². The maximum absolute atomic E-state index is 13.5. The molecule has 1 atom stereocenters. The van der Waals surface area contributed by atoms with Crippen LogP contribution in [-0.2, 0) is 6.54 Å². The number of H-pyrrole nitrogens is 1. The number of hydrogen-bond acceptors (Lipinski definition) is 8. The summed E-state index contributed by atoms with van der Waals surface area (Å²) in [5.74, 6) is -1.09. The first kappa shape index (κ1) is 24.4. The van der Waals surface area contributed by atoms with Crippen molar-refractivity contribution in [1.29, 1.82) is 0 Å². The van der Waals surface area contributed by atoms with Crippen molar-refractivity contribution in [3.63, 3.8) is 0 Å². The number of hydrogen-bond donors (Lipinski definition) is 4. The van der Waals surface area contributed by atoms with Crippen molar-refractivity contribution < 1.29 is 18.8 Å². The number of benzene rings is 2. The first-order valence-corrected chi connectivity index (χ1v) is 11.4. The van der Waals surface area contributed by atoms with E-state index in [1.807, 2.05) is 0 Å². The van der Waals surface area contributed by atoms with Gasteiger partial charge in [-0.3, -0.25) is 14.5 Å². The standard InChI is InChI=1S/C24H21FN10O3/c1-12-6-13(2-5-16(12)25)9-27-22(36)17-8-18(29-11-28-17)23(37)30-19-10-35(24(26)38)20-7-14(3-4-15(19)20)21-31-33-34-32-21/h2-8,11,19H,9-10H2,1H3,(H2,26,38)(H,27,36)(H,30,37)(H,31,32,33,34). The largest absolute Gasteiger partial charge is 0.351 e. The summed E-state index contributed by atoms with van der Waals surface area (Å²) in [6, 6.07) is 9.69. The van der Waals surface area contributed by atoms with Gasteiger partial charge in [0.25, 0.3) is 11.8 Å². The quantitative estimate of drug-likeness (QED) is 0.296. The zero-order valence-corrected chi connectivity index (χ0v) is 20.0. The number of aromatic amines is 1. The summed E-state index contributed by atoms with van der Waals surface area (Å²) in [5.41, 5.74) is 8.46. The average molecular weight is 516 g/mol. The molecule has 1 unspecified atom stereocenters. The highest BCUT2D eigenvalue weighted by Crippen LogP contribution is 2.37. The third-order valence-corrected chi connectivity index (χ3v) is 6.04. The Hall–Kier alpha value is -5.27. The van der Waals surface area contributed by atoms with Crippen LogP contribution in [0, 0.1) is 12.7 Å². The van der Waals surface area contributed by atoms with E-state index in [4.69, 9.17) is 5.73 Å². The van der Waals surface area contributed by atoms with Gasteiger partial charge in [0.05, 0.1) is 18.3 Å². The van der Waals surface area contributed by atoms with Gasteiger partial charge >= 0.3 is 6.03 Å². The minimum absolute atomic E-state index is 0.0145.